The molecule has 16 heavy (non-hydrogen) atoms. The molecule has 0 aliphatic heterocycles. The number of hydrogen-bond acceptors (Lipinski definition) is 2. The molecule has 0 aliphatic rings. The lowest BCUT2D eigenvalue weighted by atomic mass is 10.0. The number of hydrogen-bond donors (Lipinski definition) is 2. The first-order valence-corrected chi connectivity index (χ1v) is 5.17. The quantitative estimate of drug-likeness (QED) is 0.765. The highest BCUT2D eigenvalue weighted by atomic mass is 16.4. The van der Waals surface area contributed by atoms with Gasteiger partial charge in [0.05, 0.1) is 6.04 Å². The topological polar surface area (TPSA) is 66.4 Å². The van der Waals surface area contributed by atoms with Gasteiger partial charge in [0, 0.05) is 5.56 Å². The van der Waals surface area contributed by atoms with Crippen LogP contribution in [0.1, 0.15) is 29.8 Å². The van der Waals surface area contributed by atoms with Gasteiger partial charge in [-0.25, -0.2) is 4.79 Å². The van der Waals surface area contributed by atoms with Crippen molar-refractivity contribution in [2.75, 3.05) is 0 Å². The van der Waals surface area contributed by atoms with Gasteiger partial charge in [0.2, 0.25) is 0 Å². The lowest BCUT2D eigenvalue weighted by molar-refractivity contribution is 0.0945. The van der Waals surface area contributed by atoms with E-state index in [0.29, 0.717) is 5.56 Å². The normalized spacial score (nSPS) is 11.9. The Hall–Kier alpha value is -1.84. The van der Waals surface area contributed by atoms with Gasteiger partial charge >= 0.3 is 6.09 Å². The predicted octanol–water partition coefficient (Wildman–Crippen LogP) is 2.09. The molecule has 1 atom stereocenters. The van der Waals surface area contributed by atoms with Crippen LogP contribution in [0.2, 0.25) is 0 Å². The monoisotopic (exact) mass is 221 g/mol. The lowest BCUT2D eigenvalue weighted by Gasteiger charge is -2.10. The first-order valence-electron chi connectivity index (χ1n) is 5.17. The molecule has 0 heterocycles. The van der Waals surface area contributed by atoms with E-state index in [2.05, 4.69) is 5.32 Å². The van der Waals surface area contributed by atoms with E-state index in [0.717, 1.165) is 12.0 Å². The molecule has 0 radical (unpaired) electrons. The minimum absolute atomic E-state index is 0.218. The first-order chi connectivity index (χ1) is 7.54. The lowest BCUT2D eigenvalue weighted by Crippen LogP contribution is -2.37. The summed E-state index contributed by atoms with van der Waals surface area (Å²) in [6.45, 7) is 3.57. The number of ketones is 1. The van der Waals surface area contributed by atoms with Gasteiger partial charge in [0.25, 0.3) is 0 Å². The number of carbonyl (C=O) groups excluding carboxylic acids is 1. The van der Waals surface area contributed by atoms with Gasteiger partial charge in [-0.15, -0.1) is 0 Å². The second-order valence-corrected chi connectivity index (χ2v) is 3.59. The summed E-state index contributed by atoms with van der Waals surface area (Å²) in [5, 5.41) is 10.6. The molecule has 0 fully saturated rings. The van der Waals surface area contributed by atoms with Crippen LogP contribution in [-0.2, 0) is 6.42 Å². The minimum Gasteiger partial charge on any atom is -0.465 e. The van der Waals surface area contributed by atoms with E-state index in [1.165, 1.54) is 6.92 Å². The molecule has 0 aromatic heterocycles. The Balaban J connectivity index is 2.75. The van der Waals surface area contributed by atoms with Crippen LogP contribution in [0, 0.1) is 0 Å². The van der Waals surface area contributed by atoms with Gasteiger partial charge < -0.3 is 10.4 Å². The van der Waals surface area contributed by atoms with Crippen LogP contribution in [0.4, 0.5) is 4.79 Å². The van der Waals surface area contributed by atoms with Crippen molar-refractivity contribution in [2.45, 2.75) is 26.3 Å². The average molecular weight is 221 g/mol. The number of benzene rings is 1. The summed E-state index contributed by atoms with van der Waals surface area (Å²) in [5.74, 6) is -0.218. The first kappa shape index (κ1) is 12.2. The van der Waals surface area contributed by atoms with Crippen LogP contribution < -0.4 is 5.32 Å². The van der Waals surface area contributed by atoms with Crippen molar-refractivity contribution in [2.24, 2.45) is 0 Å². The van der Waals surface area contributed by atoms with Crippen LogP contribution in [0.3, 0.4) is 0 Å². The Morgan fingerprint density at radius 2 is 1.88 bits per heavy atom. The Kier molecular flexibility index (Phi) is 4.05. The highest BCUT2D eigenvalue weighted by Gasteiger charge is 2.16. The zero-order chi connectivity index (χ0) is 12.1. The van der Waals surface area contributed by atoms with Gasteiger partial charge in [0.1, 0.15) is 0 Å². The van der Waals surface area contributed by atoms with E-state index >= 15 is 0 Å². The van der Waals surface area contributed by atoms with E-state index in [4.69, 9.17) is 5.11 Å². The summed E-state index contributed by atoms with van der Waals surface area (Å²) in [4.78, 5) is 22.1. The summed E-state index contributed by atoms with van der Waals surface area (Å²) < 4.78 is 0. The van der Waals surface area contributed by atoms with Crippen molar-refractivity contribution in [3.05, 3.63) is 35.4 Å². The predicted molar refractivity (Wildman–Crippen MR) is 60.8 cm³/mol. The number of carboxylic acid groups (broad SMARTS) is 1. The van der Waals surface area contributed by atoms with Gasteiger partial charge in [-0.2, -0.15) is 0 Å². The Morgan fingerprint density at radius 1 is 1.31 bits per heavy atom. The highest BCUT2D eigenvalue weighted by Crippen LogP contribution is 2.07. The van der Waals surface area contributed by atoms with Gasteiger partial charge in [-0.05, 0) is 18.9 Å². The van der Waals surface area contributed by atoms with E-state index in [1.54, 1.807) is 12.1 Å². The molecule has 86 valence electrons. The molecule has 0 bridgehead atoms. The van der Waals surface area contributed by atoms with Crippen molar-refractivity contribution in [3.63, 3.8) is 0 Å². The van der Waals surface area contributed by atoms with Crippen molar-refractivity contribution >= 4 is 11.9 Å². The summed E-state index contributed by atoms with van der Waals surface area (Å²) >= 11 is 0. The van der Waals surface area contributed by atoms with Crippen LogP contribution in [0.25, 0.3) is 0 Å². The maximum absolute atomic E-state index is 11.8. The summed E-state index contributed by atoms with van der Waals surface area (Å²) in [6, 6.07) is 6.48. The SMILES string of the molecule is CCc1ccc(C(=O)C(C)NC(=O)O)cc1. The van der Waals surface area contributed by atoms with Crippen molar-refractivity contribution < 1.29 is 14.7 Å². The Bertz CT molecular complexity index is 384. The van der Waals surface area contributed by atoms with Crippen LogP contribution >= 0.6 is 0 Å². The number of rotatable bonds is 4. The molecule has 0 saturated heterocycles. The third-order valence-corrected chi connectivity index (χ3v) is 2.38. The second-order valence-electron chi connectivity index (χ2n) is 3.59. The molecule has 1 unspecified atom stereocenters. The summed E-state index contributed by atoms with van der Waals surface area (Å²) in [6.07, 6.45) is -0.275. The molecule has 0 aliphatic carbocycles. The van der Waals surface area contributed by atoms with Gasteiger partial charge in [0.15, 0.2) is 5.78 Å². The Labute approximate surface area is 94.3 Å². The number of Topliss-reactive ketones (excluding diaryl/α,β-unsaturated/α-hetero) is 1. The zero-order valence-corrected chi connectivity index (χ0v) is 9.36. The van der Waals surface area contributed by atoms with Crippen molar-refractivity contribution in [1.82, 2.24) is 5.32 Å². The van der Waals surface area contributed by atoms with E-state index < -0.39 is 12.1 Å². The maximum atomic E-state index is 11.8. The highest BCUT2D eigenvalue weighted by molar-refractivity contribution is 6.01. The van der Waals surface area contributed by atoms with Crippen LogP contribution in [0.5, 0.6) is 0 Å². The fourth-order valence-electron chi connectivity index (χ4n) is 1.41. The van der Waals surface area contributed by atoms with Crippen molar-refractivity contribution in [3.8, 4) is 0 Å². The van der Waals surface area contributed by atoms with Crippen LogP contribution in [-0.4, -0.2) is 23.0 Å². The third-order valence-electron chi connectivity index (χ3n) is 2.38. The zero-order valence-electron chi connectivity index (χ0n) is 9.36. The second kappa shape index (κ2) is 5.30. The van der Waals surface area contributed by atoms with Gasteiger partial charge in [-0.3, -0.25) is 4.79 Å². The maximum Gasteiger partial charge on any atom is 0.405 e. The number of amides is 1. The average Bonchev–Trinajstić information content (AvgIpc) is 2.27. The molecule has 0 saturated carbocycles. The number of nitrogens with one attached hydrogen (secondary N) is 1. The summed E-state index contributed by atoms with van der Waals surface area (Å²) in [5.41, 5.74) is 1.67. The van der Waals surface area contributed by atoms with E-state index in [1.807, 2.05) is 19.1 Å². The molecule has 4 heteroatoms. The molecule has 2 N–H and O–H groups in total. The Morgan fingerprint density at radius 3 is 2.31 bits per heavy atom. The molecule has 1 aromatic rings. The van der Waals surface area contributed by atoms with Crippen molar-refractivity contribution in [1.29, 1.82) is 0 Å². The molecule has 1 aromatic carbocycles. The fourth-order valence-corrected chi connectivity index (χ4v) is 1.41. The molecule has 1 rings (SSSR count). The fraction of sp³-hybridized carbons (Fsp3) is 0.333. The van der Waals surface area contributed by atoms with Crippen LogP contribution in [0.15, 0.2) is 24.3 Å². The summed E-state index contributed by atoms with van der Waals surface area (Å²) in [7, 11) is 0. The number of carbonyl (C=O) groups is 2. The van der Waals surface area contributed by atoms with E-state index in [9.17, 15) is 9.59 Å². The molecule has 0 spiro atoms. The molecular formula is C12H15NO3. The van der Waals surface area contributed by atoms with E-state index in [-0.39, 0.29) is 5.78 Å². The van der Waals surface area contributed by atoms with Gasteiger partial charge in [-0.1, -0.05) is 31.2 Å². The molecular weight excluding hydrogens is 206 g/mol. The molecule has 1 amide bonds. The number of aryl methyl sites for hydroxylation is 1. The minimum atomic E-state index is -1.19. The standard InChI is InChI=1S/C12H15NO3/c1-3-9-4-6-10(7-5-9)11(14)8(2)13-12(15)16/h4-8,13H,3H2,1-2H3,(H,15,16). The molecule has 4 nitrogen and oxygen atoms in total. The third kappa shape index (κ3) is 3.08. The largest absolute Gasteiger partial charge is 0.465 e. The smallest absolute Gasteiger partial charge is 0.405 e.